The highest BCUT2D eigenvalue weighted by Crippen LogP contribution is 2.15. The molecule has 0 saturated heterocycles. The van der Waals surface area contributed by atoms with Crippen LogP contribution in [-0.2, 0) is 5.75 Å². The van der Waals surface area contributed by atoms with E-state index in [2.05, 4.69) is 12.1 Å². The Labute approximate surface area is 89.5 Å². The quantitative estimate of drug-likeness (QED) is 0.778. The number of hydrogen-bond acceptors (Lipinski definition) is 3. The van der Waals surface area contributed by atoms with Crippen LogP contribution in [0, 0.1) is 0 Å². The van der Waals surface area contributed by atoms with Crippen LogP contribution in [0.5, 0.6) is 0 Å². The zero-order chi connectivity index (χ0) is 10.4. The maximum absolute atomic E-state index is 8.95. The van der Waals surface area contributed by atoms with Gasteiger partial charge in [0.25, 0.3) is 0 Å². The summed E-state index contributed by atoms with van der Waals surface area (Å²) < 4.78 is 0. The van der Waals surface area contributed by atoms with E-state index in [4.69, 9.17) is 10.8 Å². The molecule has 0 aliphatic carbocycles. The number of aliphatic hydroxyl groups is 1. The lowest BCUT2D eigenvalue weighted by Gasteiger charge is -2.20. The second-order valence-corrected chi connectivity index (χ2v) is 4.78. The van der Waals surface area contributed by atoms with E-state index in [1.54, 1.807) is 11.8 Å². The Kier molecular flexibility index (Phi) is 4.45. The molecule has 3 heteroatoms. The first-order valence-electron chi connectivity index (χ1n) is 4.65. The van der Waals surface area contributed by atoms with Crippen molar-refractivity contribution in [2.45, 2.75) is 18.2 Å². The summed E-state index contributed by atoms with van der Waals surface area (Å²) in [5.41, 5.74) is 6.65. The van der Waals surface area contributed by atoms with Crippen molar-refractivity contribution in [2.24, 2.45) is 5.73 Å². The van der Waals surface area contributed by atoms with Gasteiger partial charge in [-0.2, -0.15) is 11.8 Å². The van der Waals surface area contributed by atoms with Gasteiger partial charge in [0.05, 0.1) is 6.61 Å². The third-order valence-corrected chi connectivity index (χ3v) is 3.31. The fourth-order valence-corrected chi connectivity index (χ4v) is 2.11. The van der Waals surface area contributed by atoms with Gasteiger partial charge in [0.15, 0.2) is 0 Å². The van der Waals surface area contributed by atoms with Gasteiger partial charge in [-0.1, -0.05) is 30.3 Å². The Morgan fingerprint density at radius 2 is 2.00 bits per heavy atom. The minimum atomic E-state index is -0.459. The van der Waals surface area contributed by atoms with Crippen molar-refractivity contribution < 1.29 is 5.11 Å². The molecule has 0 saturated carbocycles. The third kappa shape index (κ3) is 4.13. The van der Waals surface area contributed by atoms with Gasteiger partial charge >= 0.3 is 0 Å². The van der Waals surface area contributed by atoms with Gasteiger partial charge in [0.2, 0.25) is 0 Å². The molecule has 14 heavy (non-hydrogen) atoms. The number of benzene rings is 1. The van der Waals surface area contributed by atoms with Crippen molar-refractivity contribution in [3.8, 4) is 0 Å². The lowest BCUT2D eigenvalue weighted by molar-refractivity contribution is 0.224. The molecular weight excluding hydrogens is 194 g/mol. The highest BCUT2D eigenvalue weighted by atomic mass is 32.2. The topological polar surface area (TPSA) is 46.2 Å². The summed E-state index contributed by atoms with van der Waals surface area (Å²) in [5, 5.41) is 8.95. The van der Waals surface area contributed by atoms with Crippen molar-refractivity contribution in [1.82, 2.24) is 0 Å². The van der Waals surface area contributed by atoms with Gasteiger partial charge in [-0.25, -0.2) is 0 Å². The number of hydrogen-bond donors (Lipinski definition) is 2. The van der Waals surface area contributed by atoms with Crippen molar-refractivity contribution in [3.63, 3.8) is 0 Å². The number of aliphatic hydroxyl groups excluding tert-OH is 1. The molecule has 1 rings (SSSR count). The molecule has 78 valence electrons. The molecule has 3 N–H and O–H groups in total. The predicted octanol–water partition coefficient (Wildman–Crippen LogP) is 1.63. The predicted molar refractivity (Wildman–Crippen MR) is 62.3 cm³/mol. The molecule has 1 atom stereocenters. The van der Waals surface area contributed by atoms with Crippen molar-refractivity contribution >= 4 is 11.8 Å². The largest absolute Gasteiger partial charge is 0.394 e. The second-order valence-electron chi connectivity index (χ2n) is 3.79. The van der Waals surface area contributed by atoms with Gasteiger partial charge in [0.1, 0.15) is 0 Å². The monoisotopic (exact) mass is 211 g/mol. The van der Waals surface area contributed by atoms with E-state index in [-0.39, 0.29) is 6.61 Å². The summed E-state index contributed by atoms with van der Waals surface area (Å²) in [6.45, 7) is 1.90. The molecule has 0 aromatic heterocycles. The maximum Gasteiger partial charge on any atom is 0.0616 e. The molecule has 1 unspecified atom stereocenters. The van der Waals surface area contributed by atoms with Gasteiger partial charge in [-0.05, 0) is 12.5 Å². The Morgan fingerprint density at radius 1 is 1.36 bits per heavy atom. The zero-order valence-corrected chi connectivity index (χ0v) is 9.26. The zero-order valence-electron chi connectivity index (χ0n) is 8.44. The van der Waals surface area contributed by atoms with Gasteiger partial charge < -0.3 is 10.8 Å². The summed E-state index contributed by atoms with van der Waals surface area (Å²) in [6.07, 6.45) is 0. The first-order chi connectivity index (χ1) is 6.64. The molecule has 0 fully saturated rings. The minimum Gasteiger partial charge on any atom is -0.394 e. The highest BCUT2D eigenvalue weighted by molar-refractivity contribution is 7.98. The average molecular weight is 211 g/mol. The molecular formula is C11H17NOS. The van der Waals surface area contributed by atoms with Crippen LogP contribution in [0.4, 0.5) is 0 Å². The lowest BCUT2D eigenvalue weighted by Crippen LogP contribution is -2.42. The van der Waals surface area contributed by atoms with Crippen LogP contribution in [-0.4, -0.2) is 23.0 Å². The fraction of sp³-hybridized carbons (Fsp3) is 0.455. The molecule has 1 aromatic carbocycles. The van der Waals surface area contributed by atoms with Crippen LogP contribution in [0.3, 0.4) is 0 Å². The maximum atomic E-state index is 8.95. The van der Waals surface area contributed by atoms with Crippen molar-refractivity contribution in [1.29, 1.82) is 0 Å². The van der Waals surface area contributed by atoms with E-state index >= 15 is 0 Å². The Balaban J connectivity index is 2.29. The average Bonchev–Trinajstić information content (AvgIpc) is 2.19. The van der Waals surface area contributed by atoms with Gasteiger partial charge in [-0.3, -0.25) is 0 Å². The van der Waals surface area contributed by atoms with E-state index < -0.39 is 5.54 Å². The number of thioether (sulfide) groups is 1. The SMILES string of the molecule is CC(N)(CO)CSCc1ccccc1. The van der Waals surface area contributed by atoms with E-state index in [1.807, 2.05) is 25.1 Å². The minimum absolute atomic E-state index is 0.0365. The standard InChI is InChI=1S/C11H17NOS/c1-11(12,8-13)9-14-7-10-5-3-2-4-6-10/h2-6,13H,7-9,12H2,1H3. The van der Waals surface area contributed by atoms with Crippen molar-refractivity contribution in [3.05, 3.63) is 35.9 Å². The second kappa shape index (κ2) is 5.39. The Bertz CT molecular complexity index is 261. The lowest BCUT2D eigenvalue weighted by atomic mass is 10.1. The summed E-state index contributed by atoms with van der Waals surface area (Å²) in [4.78, 5) is 0. The van der Waals surface area contributed by atoms with Crippen molar-refractivity contribution in [2.75, 3.05) is 12.4 Å². The fourth-order valence-electron chi connectivity index (χ4n) is 1.02. The van der Waals surface area contributed by atoms with Crippen LogP contribution in [0.2, 0.25) is 0 Å². The molecule has 1 aromatic rings. The Morgan fingerprint density at radius 3 is 2.57 bits per heavy atom. The molecule has 0 bridgehead atoms. The smallest absolute Gasteiger partial charge is 0.0616 e. The van der Waals surface area contributed by atoms with E-state index in [9.17, 15) is 0 Å². The molecule has 0 amide bonds. The van der Waals surface area contributed by atoms with Crippen LogP contribution < -0.4 is 5.73 Å². The molecule has 0 heterocycles. The summed E-state index contributed by atoms with van der Waals surface area (Å²) in [5.74, 6) is 1.73. The summed E-state index contributed by atoms with van der Waals surface area (Å²) >= 11 is 1.75. The van der Waals surface area contributed by atoms with E-state index in [0.717, 1.165) is 11.5 Å². The summed E-state index contributed by atoms with van der Waals surface area (Å²) in [6, 6.07) is 10.3. The molecule has 0 spiro atoms. The third-order valence-electron chi connectivity index (χ3n) is 1.90. The first kappa shape index (κ1) is 11.6. The Hall–Kier alpha value is -0.510. The molecule has 0 aliphatic rings. The first-order valence-corrected chi connectivity index (χ1v) is 5.81. The number of nitrogens with two attached hydrogens (primary N) is 1. The highest BCUT2D eigenvalue weighted by Gasteiger charge is 2.16. The number of rotatable bonds is 5. The molecule has 0 radical (unpaired) electrons. The summed E-state index contributed by atoms with van der Waals surface area (Å²) in [7, 11) is 0. The van der Waals surface area contributed by atoms with Crippen LogP contribution in [0.25, 0.3) is 0 Å². The van der Waals surface area contributed by atoms with Crippen LogP contribution in [0.15, 0.2) is 30.3 Å². The molecule has 2 nitrogen and oxygen atoms in total. The molecule has 0 aliphatic heterocycles. The van der Waals surface area contributed by atoms with Crippen LogP contribution in [0.1, 0.15) is 12.5 Å². The van der Waals surface area contributed by atoms with Gasteiger partial charge in [-0.15, -0.1) is 0 Å². The normalized spacial score (nSPS) is 15.1. The van der Waals surface area contributed by atoms with Gasteiger partial charge in [0, 0.05) is 17.0 Å². The van der Waals surface area contributed by atoms with E-state index in [1.165, 1.54) is 5.56 Å². The van der Waals surface area contributed by atoms with Crippen LogP contribution >= 0.6 is 11.8 Å². The van der Waals surface area contributed by atoms with E-state index in [0.29, 0.717) is 0 Å².